The van der Waals surface area contributed by atoms with E-state index < -0.39 is 0 Å². The molecule has 1 aliphatic heterocycles. The third-order valence-corrected chi connectivity index (χ3v) is 5.62. The molecule has 2 heterocycles. The fraction of sp³-hybridized carbons (Fsp3) is 0.292. The number of ether oxygens (including phenoxy) is 1. The van der Waals surface area contributed by atoms with Crippen LogP contribution in [0.2, 0.25) is 0 Å². The number of nitrogens with zero attached hydrogens (tertiary/aromatic N) is 3. The molecule has 1 saturated heterocycles. The van der Waals surface area contributed by atoms with Crippen LogP contribution in [0.3, 0.4) is 0 Å². The van der Waals surface area contributed by atoms with Crippen molar-refractivity contribution in [1.82, 2.24) is 15.2 Å². The maximum absolute atomic E-state index is 12.5. The number of nitrogens with one attached hydrogen (secondary N) is 1. The Hall–Kier alpha value is -3.63. The molecule has 0 saturated carbocycles. The third kappa shape index (κ3) is 4.30. The second-order valence-corrected chi connectivity index (χ2v) is 7.65. The van der Waals surface area contributed by atoms with E-state index >= 15 is 0 Å². The number of aromatic nitrogens is 1. The molecule has 2 aromatic rings. The van der Waals surface area contributed by atoms with Crippen LogP contribution in [0.1, 0.15) is 17.9 Å². The predicted octanol–water partition coefficient (Wildman–Crippen LogP) is 2.38. The lowest BCUT2D eigenvalue weighted by Crippen LogP contribution is -2.57. The second-order valence-electron chi connectivity index (χ2n) is 7.65. The minimum absolute atomic E-state index is 0.0729. The molecule has 1 aliphatic carbocycles. The van der Waals surface area contributed by atoms with Crippen molar-refractivity contribution < 1.29 is 9.53 Å². The number of nitrogens with two attached hydrogens (primary N) is 1. The van der Waals surface area contributed by atoms with Crippen LogP contribution < -0.4 is 15.8 Å². The number of carbonyl (C=O) groups excluding carboxylic acids is 1. The van der Waals surface area contributed by atoms with E-state index in [1.54, 1.807) is 30.4 Å². The van der Waals surface area contributed by atoms with E-state index in [0.29, 0.717) is 30.9 Å². The van der Waals surface area contributed by atoms with Gasteiger partial charge in [0.05, 0.1) is 24.9 Å². The number of likely N-dealkylation sites (N-methyl/N-ethyl adjacent to an activating group) is 1. The van der Waals surface area contributed by atoms with Crippen molar-refractivity contribution in [2.24, 2.45) is 5.73 Å². The number of pyridine rings is 1. The van der Waals surface area contributed by atoms with Gasteiger partial charge in [0.15, 0.2) is 0 Å². The van der Waals surface area contributed by atoms with Crippen molar-refractivity contribution in [3.05, 3.63) is 71.7 Å². The Bertz CT molecular complexity index is 1120. The van der Waals surface area contributed by atoms with Crippen molar-refractivity contribution in [2.75, 3.05) is 26.7 Å². The van der Waals surface area contributed by atoms with Crippen LogP contribution in [-0.4, -0.2) is 48.6 Å². The van der Waals surface area contributed by atoms with E-state index in [-0.39, 0.29) is 17.9 Å². The van der Waals surface area contributed by atoms with Crippen molar-refractivity contribution in [2.45, 2.75) is 18.4 Å². The van der Waals surface area contributed by atoms with Crippen LogP contribution in [0.4, 0.5) is 0 Å². The van der Waals surface area contributed by atoms with Gasteiger partial charge >= 0.3 is 0 Å². The zero-order valence-corrected chi connectivity index (χ0v) is 17.4. The van der Waals surface area contributed by atoms with Crippen LogP contribution in [0.5, 0.6) is 5.75 Å². The number of allylic oxidation sites excluding steroid dienone is 4. The summed E-state index contributed by atoms with van der Waals surface area (Å²) in [6, 6.07) is 8.36. The number of hydrogen-bond donors (Lipinski definition) is 2. The van der Waals surface area contributed by atoms with Gasteiger partial charge in [-0.05, 0) is 41.7 Å². The molecular formula is C24H25N5O2. The summed E-state index contributed by atoms with van der Waals surface area (Å²) in [6.07, 6.45) is 11.9. The molecule has 158 valence electrons. The van der Waals surface area contributed by atoms with E-state index in [4.69, 9.17) is 10.5 Å². The summed E-state index contributed by atoms with van der Waals surface area (Å²) in [5, 5.41) is 14.1. The van der Waals surface area contributed by atoms with E-state index in [2.05, 4.69) is 22.4 Å². The Morgan fingerprint density at radius 2 is 2.29 bits per heavy atom. The van der Waals surface area contributed by atoms with Crippen LogP contribution in [0.15, 0.2) is 66.2 Å². The van der Waals surface area contributed by atoms with E-state index in [1.165, 1.54) is 0 Å². The molecule has 4 rings (SSSR count). The molecule has 1 aromatic carbocycles. The number of nitriles is 1. The summed E-state index contributed by atoms with van der Waals surface area (Å²) in [7, 11) is 1.71. The molecule has 1 unspecified atom stereocenters. The summed E-state index contributed by atoms with van der Waals surface area (Å²) in [5.41, 5.74) is 7.81. The van der Waals surface area contributed by atoms with Crippen molar-refractivity contribution >= 4 is 16.7 Å². The Labute approximate surface area is 181 Å². The lowest BCUT2D eigenvalue weighted by Gasteiger charge is -2.39. The average Bonchev–Trinajstić information content (AvgIpc) is 2.78. The molecule has 1 amide bonds. The highest BCUT2D eigenvalue weighted by atomic mass is 16.5. The molecule has 3 N–H and O–H groups in total. The van der Waals surface area contributed by atoms with Gasteiger partial charge < -0.3 is 20.7 Å². The first-order valence-corrected chi connectivity index (χ1v) is 10.3. The van der Waals surface area contributed by atoms with Gasteiger partial charge in [0.2, 0.25) is 0 Å². The molecule has 0 radical (unpaired) electrons. The van der Waals surface area contributed by atoms with E-state index in [0.717, 1.165) is 28.5 Å². The average molecular weight is 415 g/mol. The number of fused-ring (bicyclic) bond motifs is 1. The molecule has 2 aliphatic rings. The standard InChI is InChI=1S/C24H25N5O2/c1-27-22(5-7-25)24(30)29-14-20(15-29)31-23-11-19(10-18-6-8-28-13-21(18)23)17-4-2-3-16(9-17)12-26/h2-3,5-6,8-11,13,17,20,27H,4,7,14-15,25H2,1H3/b22-5-. The fourth-order valence-electron chi connectivity index (χ4n) is 3.93. The Morgan fingerprint density at radius 1 is 1.45 bits per heavy atom. The quantitative estimate of drug-likeness (QED) is 0.702. The highest BCUT2D eigenvalue weighted by Gasteiger charge is 2.34. The van der Waals surface area contributed by atoms with Crippen molar-refractivity contribution in [3.63, 3.8) is 0 Å². The van der Waals surface area contributed by atoms with E-state index in [9.17, 15) is 10.1 Å². The number of hydrogen-bond acceptors (Lipinski definition) is 6. The molecule has 31 heavy (non-hydrogen) atoms. The highest BCUT2D eigenvalue weighted by molar-refractivity contribution is 5.93. The number of rotatable bonds is 6. The van der Waals surface area contributed by atoms with Crippen LogP contribution in [0, 0.1) is 11.3 Å². The normalized spacial score (nSPS) is 18.9. The first-order valence-electron chi connectivity index (χ1n) is 10.3. The maximum Gasteiger partial charge on any atom is 0.269 e. The molecule has 7 heteroatoms. The largest absolute Gasteiger partial charge is 0.486 e. The van der Waals surface area contributed by atoms with Crippen LogP contribution in [0.25, 0.3) is 10.8 Å². The van der Waals surface area contributed by atoms with Crippen LogP contribution in [-0.2, 0) is 4.79 Å². The number of carbonyl (C=O) groups is 1. The van der Waals surface area contributed by atoms with Gasteiger partial charge in [-0.1, -0.05) is 18.2 Å². The zero-order valence-electron chi connectivity index (χ0n) is 17.4. The van der Waals surface area contributed by atoms with Crippen molar-refractivity contribution in [1.29, 1.82) is 5.26 Å². The van der Waals surface area contributed by atoms with Gasteiger partial charge in [0.25, 0.3) is 5.91 Å². The molecular weight excluding hydrogens is 390 g/mol. The fourth-order valence-corrected chi connectivity index (χ4v) is 3.93. The van der Waals surface area contributed by atoms with Gasteiger partial charge in [0, 0.05) is 42.9 Å². The number of likely N-dealkylation sites (tertiary alicyclic amines) is 1. The number of benzene rings is 1. The topological polar surface area (TPSA) is 104 Å². The molecule has 1 aromatic heterocycles. The van der Waals surface area contributed by atoms with Gasteiger partial charge in [-0.15, -0.1) is 0 Å². The highest BCUT2D eigenvalue weighted by Crippen LogP contribution is 2.35. The predicted molar refractivity (Wildman–Crippen MR) is 119 cm³/mol. The number of amides is 1. The lowest BCUT2D eigenvalue weighted by atomic mass is 9.88. The molecule has 0 bridgehead atoms. The Kier molecular flexibility index (Phi) is 6.01. The van der Waals surface area contributed by atoms with Crippen LogP contribution >= 0.6 is 0 Å². The van der Waals surface area contributed by atoms with Gasteiger partial charge in [-0.25, -0.2) is 0 Å². The SMILES string of the molecule is CN/C(=C\CN)C(=O)N1CC(Oc2cc(C3C=C(C#N)C=CC3)cc3ccncc23)C1. The third-order valence-electron chi connectivity index (χ3n) is 5.62. The van der Waals surface area contributed by atoms with Gasteiger partial charge in [-0.3, -0.25) is 9.78 Å². The summed E-state index contributed by atoms with van der Waals surface area (Å²) in [6.45, 7) is 1.33. The van der Waals surface area contributed by atoms with Gasteiger partial charge in [-0.2, -0.15) is 5.26 Å². The maximum atomic E-state index is 12.5. The minimum Gasteiger partial charge on any atom is -0.486 e. The van der Waals surface area contributed by atoms with Crippen molar-refractivity contribution in [3.8, 4) is 11.8 Å². The smallest absolute Gasteiger partial charge is 0.269 e. The first kappa shape index (κ1) is 20.6. The first-order chi connectivity index (χ1) is 15.1. The zero-order chi connectivity index (χ0) is 21.8. The molecule has 7 nitrogen and oxygen atoms in total. The minimum atomic E-state index is -0.0879. The summed E-state index contributed by atoms with van der Waals surface area (Å²) < 4.78 is 6.30. The Balaban J connectivity index is 1.54. The summed E-state index contributed by atoms with van der Waals surface area (Å²) >= 11 is 0. The monoisotopic (exact) mass is 415 g/mol. The molecule has 1 atom stereocenters. The summed E-state index contributed by atoms with van der Waals surface area (Å²) in [4.78, 5) is 18.5. The second kappa shape index (κ2) is 9.02. The lowest BCUT2D eigenvalue weighted by molar-refractivity contribution is -0.136. The van der Waals surface area contributed by atoms with Gasteiger partial charge in [0.1, 0.15) is 11.9 Å². The Morgan fingerprint density at radius 3 is 3.03 bits per heavy atom. The molecule has 1 fully saturated rings. The van der Waals surface area contributed by atoms with E-state index in [1.807, 2.05) is 30.4 Å². The molecule has 0 spiro atoms. The summed E-state index contributed by atoms with van der Waals surface area (Å²) in [5.74, 6) is 0.806.